The van der Waals surface area contributed by atoms with Gasteiger partial charge in [0.05, 0.1) is 11.1 Å². The summed E-state index contributed by atoms with van der Waals surface area (Å²) < 4.78 is 1.35. The molecule has 0 radical (unpaired) electrons. The van der Waals surface area contributed by atoms with E-state index in [0.717, 1.165) is 17.5 Å². The summed E-state index contributed by atoms with van der Waals surface area (Å²) in [6.45, 7) is 8.31. The van der Waals surface area contributed by atoms with Gasteiger partial charge in [0.2, 0.25) is 0 Å². The van der Waals surface area contributed by atoms with Crippen molar-refractivity contribution in [1.82, 2.24) is 15.2 Å². The molecule has 1 aromatic heterocycles. The van der Waals surface area contributed by atoms with Gasteiger partial charge in [-0.2, -0.15) is 10.2 Å². The van der Waals surface area contributed by atoms with E-state index in [-0.39, 0.29) is 11.3 Å². The van der Waals surface area contributed by atoms with E-state index in [1.54, 1.807) is 24.3 Å². The number of amides is 1. The average molecular weight is 376 g/mol. The first-order valence-electron chi connectivity index (χ1n) is 9.34. The fourth-order valence-corrected chi connectivity index (χ4v) is 3.23. The van der Waals surface area contributed by atoms with E-state index in [1.165, 1.54) is 10.2 Å². The molecule has 0 atom stereocenters. The Morgan fingerprint density at radius 2 is 1.86 bits per heavy atom. The Labute approximate surface area is 163 Å². The van der Waals surface area contributed by atoms with Gasteiger partial charge in [-0.1, -0.05) is 48.9 Å². The van der Waals surface area contributed by atoms with Crippen LogP contribution >= 0.6 is 0 Å². The third kappa shape index (κ3) is 3.86. The molecular weight excluding hydrogens is 352 g/mol. The molecule has 2 aromatic carbocycles. The van der Waals surface area contributed by atoms with Crippen LogP contribution in [0, 0.1) is 13.8 Å². The first-order valence-corrected chi connectivity index (χ1v) is 9.34. The number of carbonyl (C=O) groups is 1. The highest BCUT2D eigenvalue weighted by molar-refractivity contribution is 6.06. The molecule has 0 aliphatic heterocycles. The topological polar surface area (TPSA) is 76.3 Å². The second-order valence-electron chi connectivity index (χ2n) is 6.88. The number of fused-ring (bicyclic) bond motifs is 1. The van der Waals surface area contributed by atoms with Crippen LogP contribution in [0.15, 0.2) is 52.4 Å². The predicted octanol–water partition coefficient (Wildman–Crippen LogP) is 3.58. The van der Waals surface area contributed by atoms with Crippen molar-refractivity contribution >= 4 is 22.4 Å². The lowest BCUT2D eigenvalue weighted by Crippen LogP contribution is -2.29. The SMILES string of the molecule is CCCn1nc(C(=O)N/N=C(/C)c2ccc(C)cc2C)c2ccccc2c1=O. The molecule has 6 heteroatoms. The molecule has 1 amide bonds. The highest BCUT2D eigenvalue weighted by atomic mass is 16.2. The standard InChI is InChI=1S/C22H24N4O2/c1-5-12-26-22(28)19-9-7-6-8-18(19)20(25-26)21(27)24-23-16(4)17-11-10-14(2)13-15(17)3/h6-11,13H,5,12H2,1-4H3,(H,24,27)/b23-16-. The van der Waals surface area contributed by atoms with Crippen LogP contribution in [0.5, 0.6) is 0 Å². The van der Waals surface area contributed by atoms with Crippen molar-refractivity contribution in [3.8, 4) is 0 Å². The van der Waals surface area contributed by atoms with Crippen molar-refractivity contribution in [3.05, 3.63) is 75.2 Å². The third-order valence-corrected chi connectivity index (χ3v) is 4.62. The minimum atomic E-state index is -0.440. The largest absolute Gasteiger partial charge is 0.292 e. The van der Waals surface area contributed by atoms with Gasteiger partial charge in [0.1, 0.15) is 0 Å². The van der Waals surface area contributed by atoms with Gasteiger partial charge in [-0.3, -0.25) is 9.59 Å². The minimum absolute atomic E-state index is 0.191. The zero-order valence-electron chi connectivity index (χ0n) is 16.6. The molecule has 0 aliphatic carbocycles. The maximum absolute atomic E-state index is 12.8. The number of hydrazone groups is 1. The van der Waals surface area contributed by atoms with Crippen molar-refractivity contribution in [2.75, 3.05) is 0 Å². The first kappa shape index (κ1) is 19.5. The number of aryl methyl sites for hydroxylation is 3. The second kappa shape index (κ2) is 8.17. The zero-order chi connectivity index (χ0) is 20.3. The van der Waals surface area contributed by atoms with Crippen LogP contribution < -0.4 is 11.0 Å². The van der Waals surface area contributed by atoms with Gasteiger partial charge in [0.25, 0.3) is 11.5 Å². The number of nitrogens with zero attached hydrogens (tertiary/aromatic N) is 3. The number of benzene rings is 2. The monoisotopic (exact) mass is 376 g/mol. The lowest BCUT2D eigenvalue weighted by atomic mass is 10.0. The molecule has 6 nitrogen and oxygen atoms in total. The van der Waals surface area contributed by atoms with E-state index in [4.69, 9.17) is 0 Å². The molecule has 3 rings (SSSR count). The molecule has 1 heterocycles. The Morgan fingerprint density at radius 3 is 2.54 bits per heavy atom. The van der Waals surface area contributed by atoms with Crippen LogP contribution in [0.1, 0.15) is 47.4 Å². The van der Waals surface area contributed by atoms with Crippen LogP contribution in [0.2, 0.25) is 0 Å². The average Bonchev–Trinajstić information content (AvgIpc) is 2.68. The summed E-state index contributed by atoms with van der Waals surface area (Å²) in [5.41, 5.74) is 6.54. The first-order chi connectivity index (χ1) is 13.4. The summed E-state index contributed by atoms with van der Waals surface area (Å²) in [6, 6.07) is 13.1. The van der Waals surface area contributed by atoms with Crippen molar-refractivity contribution in [2.45, 2.75) is 40.7 Å². The minimum Gasteiger partial charge on any atom is -0.267 e. The Bertz CT molecular complexity index is 1130. The summed E-state index contributed by atoms with van der Waals surface area (Å²) in [5, 5.41) is 9.55. The Hall–Kier alpha value is -3.28. The molecule has 0 saturated heterocycles. The molecule has 0 saturated carbocycles. The summed E-state index contributed by atoms with van der Waals surface area (Å²) in [6.07, 6.45) is 0.746. The fraction of sp³-hybridized carbons (Fsp3) is 0.273. The number of aromatic nitrogens is 2. The smallest absolute Gasteiger partial charge is 0.267 e. The van der Waals surface area contributed by atoms with Gasteiger partial charge in [-0.15, -0.1) is 0 Å². The maximum atomic E-state index is 12.8. The third-order valence-electron chi connectivity index (χ3n) is 4.62. The highest BCUT2D eigenvalue weighted by Crippen LogP contribution is 2.14. The van der Waals surface area contributed by atoms with Crippen molar-refractivity contribution in [1.29, 1.82) is 0 Å². The van der Waals surface area contributed by atoms with Gasteiger partial charge >= 0.3 is 0 Å². The molecule has 0 fully saturated rings. The van der Waals surface area contributed by atoms with Crippen molar-refractivity contribution in [2.24, 2.45) is 5.10 Å². The van der Waals surface area contributed by atoms with E-state index in [1.807, 2.05) is 39.8 Å². The zero-order valence-corrected chi connectivity index (χ0v) is 16.6. The van der Waals surface area contributed by atoms with Gasteiger partial charge < -0.3 is 0 Å². The second-order valence-corrected chi connectivity index (χ2v) is 6.88. The molecule has 0 spiro atoms. The van der Waals surface area contributed by atoms with E-state index < -0.39 is 5.91 Å². The number of hydrogen-bond acceptors (Lipinski definition) is 4. The van der Waals surface area contributed by atoms with Crippen molar-refractivity contribution in [3.63, 3.8) is 0 Å². The molecule has 0 aliphatic rings. The predicted molar refractivity (Wildman–Crippen MR) is 112 cm³/mol. The molecule has 0 unspecified atom stereocenters. The lowest BCUT2D eigenvalue weighted by molar-refractivity contribution is 0.0949. The molecular formula is C22H24N4O2. The highest BCUT2D eigenvalue weighted by Gasteiger charge is 2.16. The normalized spacial score (nSPS) is 11.6. The van der Waals surface area contributed by atoms with Crippen LogP contribution in [0.3, 0.4) is 0 Å². The number of carbonyl (C=O) groups excluding carboxylic acids is 1. The van der Waals surface area contributed by atoms with Crippen LogP contribution in [-0.2, 0) is 6.54 Å². The van der Waals surface area contributed by atoms with E-state index in [0.29, 0.717) is 23.0 Å². The van der Waals surface area contributed by atoms with E-state index >= 15 is 0 Å². The number of nitrogens with one attached hydrogen (secondary N) is 1. The molecule has 3 aromatic rings. The number of hydrogen-bond donors (Lipinski definition) is 1. The van der Waals surface area contributed by atoms with Crippen LogP contribution in [0.4, 0.5) is 0 Å². The Balaban J connectivity index is 1.97. The van der Waals surface area contributed by atoms with Crippen LogP contribution in [0.25, 0.3) is 10.8 Å². The molecule has 144 valence electrons. The number of rotatable bonds is 5. The Kier molecular flexibility index (Phi) is 5.68. The Morgan fingerprint density at radius 1 is 1.14 bits per heavy atom. The fourth-order valence-electron chi connectivity index (χ4n) is 3.23. The molecule has 1 N–H and O–H groups in total. The summed E-state index contributed by atoms with van der Waals surface area (Å²) in [4.78, 5) is 25.4. The molecule has 0 bridgehead atoms. The summed E-state index contributed by atoms with van der Waals surface area (Å²) >= 11 is 0. The van der Waals surface area contributed by atoms with Gasteiger partial charge in [0, 0.05) is 17.5 Å². The van der Waals surface area contributed by atoms with E-state index in [2.05, 4.69) is 21.7 Å². The summed E-state index contributed by atoms with van der Waals surface area (Å²) in [7, 11) is 0. The quantitative estimate of drug-likeness (QED) is 0.546. The van der Waals surface area contributed by atoms with Crippen LogP contribution in [-0.4, -0.2) is 21.4 Å². The lowest BCUT2D eigenvalue weighted by Gasteiger charge is -2.10. The summed E-state index contributed by atoms with van der Waals surface area (Å²) in [5.74, 6) is -0.440. The van der Waals surface area contributed by atoms with Gasteiger partial charge in [-0.25, -0.2) is 10.1 Å². The van der Waals surface area contributed by atoms with E-state index in [9.17, 15) is 9.59 Å². The molecule has 28 heavy (non-hydrogen) atoms. The van der Waals surface area contributed by atoms with Gasteiger partial charge in [-0.05, 0) is 38.8 Å². The maximum Gasteiger partial charge on any atom is 0.292 e. The van der Waals surface area contributed by atoms with Gasteiger partial charge in [0.15, 0.2) is 5.69 Å². The van der Waals surface area contributed by atoms with Crippen molar-refractivity contribution < 1.29 is 4.79 Å².